The number of para-hydroxylation sites is 2. The predicted molar refractivity (Wildman–Crippen MR) is 246 cm³/mol. The number of benzene rings is 8. The van der Waals surface area contributed by atoms with Crippen LogP contribution >= 0.6 is 11.3 Å². The van der Waals surface area contributed by atoms with Gasteiger partial charge >= 0.3 is 6.85 Å². The Bertz CT molecular complexity index is 3800. The molecular formula is C52H33BN2O2S. The lowest BCUT2D eigenvalue weighted by atomic mass is 9.44. The Kier molecular flexibility index (Phi) is 5.73. The fraction of sp³-hybridized carbons (Fsp3) is 0.0769. The third-order valence-corrected chi connectivity index (χ3v) is 14.2. The van der Waals surface area contributed by atoms with Gasteiger partial charge in [0, 0.05) is 81.2 Å². The summed E-state index contributed by atoms with van der Waals surface area (Å²) in [6, 6.07) is 54.1. The summed E-state index contributed by atoms with van der Waals surface area (Å²) in [6.45, 7) is 6.75. The van der Waals surface area contributed by atoms with Crippen LogP contribution in [0.1, 0.15) is 26.3 Å². The third-order valence-electron chi connectivity index (χ3n) is 13.1. The van der Waals surface area contributed by atoms with E-state index in [1.165, 1.54) is 75.3 Å². The molecule has 0 aliphatic carbocycles. The molecular weight excluding hydrogens is 727 g/mol. The highest BCUT2D eigenvalue weighted by Gasteiger charge is 2.44. The van der Waals surface area contributed by atoms with Gasteiger partial charge in [-0.2, -0.15) is 0 Å². The van der Waals surface area contributed by atoms with Gasteiger partial charge in [-0.05, 0) is 82.1 Å². The number of rotatable bonds is 1. The Labute approximate surface area is 337 Å². The molecule has 272 valence electrons. The fourth-order valence-corrected chi connectivity index (χ4v) is 11.6. The van der Waals surface area contributed by atoms with Crippen LogP contribution in [0.15, 0.2) is 154 Å². The third kappa shape index (κ3) is 3.91. The first kappa shape index (κ1) is 31.3. The summed E-state index contributed by atoms with van der Waals surface area (Å²) < 4.78 is 18.5. The molecule has 12 aromatic rings. The van der Waals surface area contributed by atoms with Crippen molar-refractivity contribution in [2.24, 2.45) is 0 Å². The summed E-state index contributed by atoms with van der Waals surface area (Å²) in [6.07, 6.45) is 0. The number of hydrogen-bond donors (Lipinski definition) is 0. The molecule has 6 heteroatoms. The number of anilines is 2. The normalized spacial score (nSPS) is 13.7. The largest absolute Gasteiger partial charge is 0.456 e. The number of furan rings is 2. The van der Waals surface area contributed by atoms with Gasteiger partial charge in [-0.3, -0.25) is 0 Å². The zero-order valence-corrected chi connectivity index (χ0v) is 32.9. The highest BCUT2D eigenvalue weighted by Crippen LogP contribution is 2.49. The van der Waals surface area contributed by atoms with Crippen molar-refractivity contribution in [2.45, 2.75) is 26.2 Å². The van der Waals surface area contributed by atoms with Crippen molar-refractivity contribution < 1.29 is 8.83 Å². The van der Waals surface area contributed by atoms with Crippen molar-refractivity contribution in [1.29, 1.82) is 0 Å². The molecule has 0 N–H and O–H groups in total. The Morgan fingerprint density at radius 3 is 1.95 bits per heavy atom. The first-order valence-electron chi connectivity index (χ1n) is 20.1. The minimum absolute atomic E-state index is 0.0321. The smallest absolute Gasteiger partial charge is 0.333 e. The maximum absolute atomic E-state index is 6.67. The predicted octanol–water partition coefficient (Wildman–Crippen LogP) is 13.5. The van der Waals surface area contributed by atoms with Crippen molar-refractivity contribution in [3.05, 3.63) is 151 Å². The van der Waals surface area contributed by atoms with Crippen molar-refractivity contribution in [2.75, 3.05) is 4.81 Å². The van der Waals surface area contributed by atoms with E-state index in [0.717, 1.165) is 55.3 Å². The van der Waals surface area contributed by atoms with Gasteiger partial charge in [0.1, 0.15) is 22.3 Å². The molecule has 58 heavy (non-hydrogen) atoms. The molecule has 8 aromatic carbocycles. The summed E-state index contributed by atoms with van der Waals surface area (Å²) in [5, 5.41) is 9.68. The Morgan fingerprint density at radius 2 is 1.19 bits per heavy atom. The van der Waals surface area contributed by atoms with Gasteiger partial charge in [0.2, 0.25) is 0 Å². The van der Waals surface area contributed by atoms with Crippen LogP contribution in [0.3, 0.4) is 0 Å². The van der Waals surface area contributed by atoms with Crippen LogP contribution in [0.25, 0.3) is 103 Å². The number of fused-ring (bicyclic) bond motifs is 17. The van der Waals surface area contributed by atoms with E-state index in [-0.39, 0.29) is 12.3 Å². The summed E-state index contributed by atoms with van der Waals surface area (Å²) >= 11 is 1.88. The van der Waals surface area contributed by atoms with Crippen LogP contribution in [0.5, 0.6) is 0 Å². The molecule has 0 radical (unpaired) electrons. The van der Waals surface area contributed by atoms with E-state index in [2.05, 4.69) is 176 Å². The van der Waals surface area contributed by atoms with Crippen molar-refractivity contribution >= 4 is 126 Å². The van der Waals surface area contributed by atoms with Crippen LogP contribution in [0, 0.1) is 0 Å². The van der Waals surface area contributed by atoms with E-state index in [0.29, 0.717) is 0 Å². The zero-order valence-electron chi connectivity index (χ0n) is 32.1. The molecule has 0 saturated carbocycles. The van der Waals surface area contributed by atoms with E-state index < -0.39 is 0 Å². The molecule has 2 aliphatic heterocycles. The van der Waals surface area contributed by atoms with Crippen LogP contribution < -0.4 is 15.7 Å². The van der Waals surface area contributed by atoms with Crippen molar-refractivity contribution in [3.63, 3.8) is 0 Å². The number of hydrogen-bond acceptors (Lipinski definition) is 4. The first-order valence-corrected chi connectivity index (χ1v) is 20.9. The molecule has 14 rings (SSSR count). The van der Waals surface area contributed by atoms with Gasteiger partial charge in [-0.15, -0.1) is 11.3 Å². The lowest BCUT2D eigenvalue weighted by molar-refractivity contribution is 0.590. The molecule has 0 fully saturated rings. The quantitative estimate of drug-likeness (QED) is 0.156. The number of nitrogens with zero attached hydrogens (tertiary/aromatic N) is 2. The van der Waals surface area contributed by atoms with Gasteiger partial charge in [0.25, 0.3) is 0 Å². The van der Waals surface area contributed by atoms with Gasteiger partial charge in [0.15, 0.2) is 0 Å². The molecule has 2 aliphatic rings. The molecule has 4 nitrogen and oxygen atoms in total. The van der Waals surface area contributed by atoms with E-state index in [4.69, 9.17) is 8.83 Å². The average Bonchev–Trinajstić information content (AvgIpc) is 3.99. The summed E-state index contributed by atoms with van der Waals surface area (Å²) in [7, 11) is 0. The highest BCUT2D eigenvalue weighted by molar-refractivity contribution is 7.25. The molecule has 6 heterocycles. The van der Waals surface area contributed by atoms with E-state index in [1.807, 2.05) is 11.3 Å². The first-order chi connectivity index (χ1) is 28.4. The Balaban J connectivity index is 1.17. The highest BCUT2D eigenvalue weighted by atomic mass is 32.1. The molecule has 0 spiro atoms. The van der Waals surface area contributed by atoms with E-state index in [1.54, 1.807) is 0 Å². The topological polar surface area (TPSA) is 34.5 Å². The monoisotopic (exact) mass is 760 g/mol. The Morgan fingerprint density at radius 1 is 0.500 bits per heavy atom. The van der Waals surface area contributed by atoms with Gasteiger partial charge < -0.3 is 18.2 Å². The van der Waals surface area contributed by atoms with E-state index in [9.17, 15) is 0 Å². The molecule has 4 aromatic heterocycles. The molecule has 0 bridgehead atoms. The minimum Gasteiger partial charge on any atom is -0.456 e. The van der Waals surface area contributed by atoms with Crippen LogP contribution in [-0.2, 0) is 5.41 Å². The second-order valence-electron chi connectivity index (χ2n) is 17.3. The van der Waals surface area contributed by atoms with Gasteiger partial charge in [-0.25, -0.2) is 0 Å². The van der Waals surface area contributed by atoms with Gasteiger partial charge in [-0.1, -0.05) is 106 Å². The lowest BCUT2D eigenvalue weighted by Crippen LogP contribution is -2.60. The maximum atomic E-state index is 6.67. The summed E-state index contributed by atoms with van der Waals surface area (Å²) in [4.78, 5) is 2.62. The lowest BCUT2D eigenvalue weighted by Gasteiger charge is -2.42. The SMILES string of the molecule is CC(C)(C)c1ccc(N2B3c4cc5c(cc4-n4c6cc7c(cc6c6ccc(c3c64)-c3cc4oc6ccccc6c4cc32)sc2ccccc27)oc2ccccc25)cc1. The molecule has 0 atom stereocenters. The van der Waals surface area contributed by atoms with Crippen LogP contribution in [0.4, 0.5) is 11.4 Å². The summed E-state index contributed by atoms with van der Waals surface area (Å²) in [5.41, 5.74) is 16.0. The Hall–Kier alpha value is -6.76. The fourth-order valence-electron chi connectivity index (χ4n) is 10.4. The zero-order chi connectivity index (χ0) is 38.2. The van der Waals surface area contributed by atoms with Crippen molar-refractivity contribution in [3.8, 4) is 16.8 Å². The van der Waals surface area contributed by atoms with Crippen LogP contribution in [-0.4, -0.2) is 11.4 Å². The number of thiophene rings is 1. The second-order valence-corrected chi connectivity index (χ2v) is 18.3. The van der Waals surface area contributed by atoms with Crippen LogP contribution in [0.2, 0.25) is 0 Å². The number of aromatic nitrogens is 1. The molecule has 0 saturated heterocycles. The van der Waals surface area contributed by atoms with Crippen molar-refractivity contribution in [1.82, 2.24) is 4.57 Å². The maximum Gasteiger partial charge on any atom is 0.333 e. The van der Waals surface area contributed by atoms with Gasteiger partial charge in [0.05, 0.1) is 11.0 Å². The van der Waals surface area contributed by atoms with E-state index >= 15 is 0 Å². The minimum atomic E-state index is -0.117. The molecule has 0 unspecified atom stereocenters. The molecule has 0 amide bonds. The average molecular weight is 761 g/mol. The standard InChI is InChI=1S/C52H33BN2O2S/c1-52(2,3)28-16-18-29(19-17-28)55-42-23-38-31-11-5-8-14-45(31)56-46(38)25-35(42)33-20-21-34-36-26-49-39(32-12-6-9-15-48(32)58-49)24-41(36)54-43-27-47-37(30-10-4-7-13-44(30)57-47)22-40(43)53(55)50(33)51(34)54/h4-27H,1-3H3. The second kappa shape index (κ2) is 10.6. The summed E-state index contributed by atoms with van der Waals surface area (Å²) in [5.74, 6) is 0.